The summed E-state index contributed by atoms with van der Waals surface area (Å²) >= 11 is 4.55. The lowest BCUT2D eigenvalue weighted by Gasteiger charge is -2.35. The predicted molar refractivity (Wildman–Crippen MR) is 106 cm³/mol. The van der Waals surface area contributed by atoms with Gasteiger partial charge in [0.1, 0.15) is 4.21 Å². The quantitative estimate of drug-likeness (QED) is 0.664. The summed E-state index contributed by atoms with van der Waals surface area (Å²) in [4.78, 5) is 12.6. The third-order valence-electron chi connectivity index (χ3n) is 4.63. The van der Waals surface area contributed by atoms with Gasteiger partial charge in [0.05, 0.1) is 12.1 Å². The van der Waals surface area contributed by atoms with Gasteiger partial charge in [-0.25, -0.2) is 8.42 Å². The van der Waals surface area contributed by atoms with Crippen molar-refractivity contribution in [2.45, 2.75) is 42.5 Å². The van der Waals surface area contributed by atoms with Crippen LogP contribution < -0.4 is 10.0 Å². The van der Waals surface area contributed by atoms with Crippen molar-refractivity contribution < 1.29 is 13.2 Å². The number of carbonyl (C=O) groups is 1. The maximum atomic E-state index is 12.6. The van der Waals surface area contributed by atoms with E-state index in [-0.39, 0.29) is 16.2 Å². The Kier molecular flexibility index (Phi) is 6.17. The van der Waals surface area contributed by atoms with Gasteiger partial charge in [0.15, 0.2) is 0 Å². The molecule has 3 rings (SSSR count). The summed E-state index contributed by atoms with van der Waals surface area (Å²) in [5.74, 6) is 0.0752. The van der Waals surface area contributed by atoms with E-state index in [9.17, 15) is 13.2 Å². The van der Waals surface area contributed by atoms with Gasteiger partial charge in [-0.2, -0.15) is 4.72 Å². The van der Waals surface area contributed by atoms with E-state index in [1.165, 1.54) is 6.07 Å². The van der Waals surface area contributed by atoms with Crippen molar-refractivity contribution in [2.75, 3.05) is 0 Å². The van der Waals surface area contributed by atoms with Gasteiger partial charge < -0.3 is 5.32 Å². The average Bonchev–Trinajstić information content (AvgIpc) is 3.08. The SMILES string of the molecule is CC(NS(=O)(=O)c1cccs1)C(=O)NC(c1ccc(Br)cc1)C1CCC1. The number of nitrogens with one attached hydrogen (secondary N) is 2. The van der Waals surface area contributed by atoms with Crippen molar-refractivity contribution in [3.05, 3.63) is 51.8 Å². The lowest BCUT2D eigenvalue weighted by atomic mass is 9.77. The molecule has 0 aliphatic heterocycles. The molecule has 1 aliphatic rings. The highest BCUT2D eigenvalue weighted by Gasteiger charge is 2.31. The van der Waals surface area contributed by atoms with Crippen LogP contribution in [0.2, 0.25) is 0 Å². The number of hydrogen-bond acceptors (Lipinski definition) is 4. The van der Waals surface area contributed by atoms with Crippen molar-refractivity contribution in [1.29, 1.82) is 0 Å². The third kappa shape index (κ3) is 4.54. The Morgan fingerprint density at radius 1 is 1.23 bits per heavy atom. The van der Waals surface area contributed by atoms with E-state index in [0.29, 0.717) is 5.92 Å². The number of halogens is 1. The van der Waals surface area contributed by atoms with Crippen LogP contribution in [0.25, 0.3) is 0 Å². The maximum Gasteiger partial charge on any atom is 0.250 e. The van der Waals surface area contributed by atoms with Gasteiger partial charge in [-0.1, -0.05) is 40.5 Å². The van der Waals surface area contributed by atoms with Crippen LogP contribution in [0.15, 0.2) is 50.5 Å². The predicted octanol–water partition coefficient (Wildman–Crippen LogP) is 3.84. The van der Waals surface area contributed by atoms with Crippen molar-refractivity contribution in [3.63, 3.8) is 0 Å². The van der Waals surface area contributed by atoms with Gasteiger partial charge in [-0.3, -0.25) is 4.79 Å². The van der Waals surface area contributed by atoms with E-state index in [4.69, 9.17) is 0 Å². The zero-order valence-corrected chi connectivity index (χ0v) is 17.5. The van der Waals surface area contributed by atoms with E-state index < -0.39 is 16.1 Å². The van der Waals surface area contributed by atoms with Gasteiger partial charge in [-0.05, 0) is 54.8 Å². The Balaban J connectivity index is 1.70. The van der Waals surface area contributed by atoms with E-state index in [0.717, 1.165) is 40.6 Å². The van der Waals surface area contributed by atoms with Crippen LogP contribution in [0, 0.1) is 5.92 Å². The summed E-state index contributed by atoms with van der Waals surface area (Å²) in [6, 6.07) is 10.1. The largest absolute Gasteiger partial charge is 0.348 e. The number of sulfonamides is 1. The molecule has 0 spiro atoms. The fraction of sp³-hybridized carbons (Fsp3) is 0.389. The molecule has 26 heavy (non-hydrogen) atoms. The van der Waals surface area contributed by atoms with E-state index in [2.05, 4.69) is 26.0 Å². The number of thiophene rings is 1. The first kappa shape index (κ1) is 19.5. The zero-order chi connectivity index (χ0) is 18.7. The Labute approximate surface area is 166 Å². The molecule has 2 atom stereocenters. The highest BCUT2D eigenvalue weighted by Crippen LogP contribution is 2.38. The molecule has 2 unspecified atom stereocenters. The molecule has 1 aromatic carbocycles. The number of hydrogen-bond donors (Lipinski definition) is 2. The first-order chi connectivity index (χ1) is 12.4. The summed E-state index contributed by atoms with van der Waals surface area (Å²) in [6.45, 7) is 1.57. The van der Waals surface area contributed by atoms with Crippen LogP contribution in [0.5, 0.6) is 0 Å². The normalized spacial score (nSPS) is 17.3. The summed E-state index contributed by atoms with van der Waals surface area (Å²) < 4.78 is 28.3. The Bertz CT molecular complexity index is 847. The second kappa shape index (κ2) is 8.21. The summed E-state index contributed by atoms with van der Waals surface area (Å²) in [7, 11) is -3.68. The van der Waals surface area contributed by atoms with Crippen LogP contribution in [-0.2, 0) is 14.8 Å². The lowest BCUT2D eigenvalue weighted by Crippen LogP contribution is -2.47. The highest BCUT2D eigenvalue weighted by molar-refractivity contribution is 9.10. The molecule has 0 bridgehead atoms. The molecule has 8 heteroatoms. The van der Waals surface area contributed by atoms with Gasteiger partial charge in [-0.15, -0.1) is 11.3 Å². The van der Waals surface area contributed by atoms with Crippen molar-refractivity contribution in [1.82, 2.24) is 10.0 Å². The van der Waals surface area contributed by atoms with Crippen LogP contribution >= 0.6 is 27.3 Å². The first-order valence-electron chi connectivity index (χ1n) is 8.48. The Hall–Kier alpha value is -1.22. The molecule has 1 amide bonds. The number of carbonyl (C=O) groups excluding carboxylic acids is 1. The molecule has 1 saturated carbocycles. The van der Waals surface area contributed by atoms with E-state index in [1.54, 1.807) is 18.4 Å². The van der Waals surface area contributed by atoms with Gasteiger partial charge in [0.2, 0.25) is 5.91 Å². The standard InChI is InChI=1S/C18H21BrN2O3S2/c1-12(21-26(23,24)16-6-3-11-25-16)18(22)20-17(13-4-2-5-13)14-7-9-15(19)10-8-14/h3,6-13,17,21H,2,4-5H2,1H3,(H,20,22). The van der Waals surface area contributed by atoms with Gasteiger partial charge in [0, 0.05) is 4.47 Å². The average molecular weight is 457 g/mol. The van der Waals surface area contributed by atoms with E-state index in [1.807, 2.05) is 24.3 Å². The minimum atomic E-state index is -3.68. The first-order valence-corrected chi connectivity index (χ1v) is 11.6. The number of rotatable bonds is 7. The second-order valence-corrected chi connectivity index (χ2v) is 10.3. The van der Waals surface area contributed by atoms with Crippen molar-refractivity contribution in [2.24, 2.45) is 5.92 Å². The maximum absolute atomic E-state index is 12.6. The molecule has 0 radical (unpaired) electrons. The Morgan fingerprint density at radius 3 is 2.46 bits per heavy atom. The lowest BCUT2D eigenvalue weighted by molar-refractivity contribution is -0.123. The monoisotopic (exact) mass is 456 g/mol. The summed E-state index contributed by atoms with van der Waals surface area (Å²) in [5.41, 5.74) is 1.04. The summed E-state index contributed by atoms with van der Waals surface area (Å²) in [6.07, 6.45) is 3.29. The molecule has 0 saturated heterocycles. The molecule has 2 aromatic rings. The second-order valence-electron chi connectivity index (χ2n) is 6.50. The number of benzene rings is 1. The van der Waals surface area contributed by atoms with Crippen molar-refractivity contribution in [3.8, 4) is 0 Å². The molecule has 5 nitrogen and oxygen atoms in total. The molecular formula is C18H21BrN2O3S2. The highest BCUT2D eigenvalue weighted by atomic mass is 79.9. The molecule has 1 heterocycles. The van der Waals surface area contributed by atoms with Gasteiger partial charge >= 0.3 is 0 Å². The molecular weight excluding hydrogens is 436 g/mol. The molecule has 1 fully saturated rings. The third-order valence-corrected chi connectivity index (χ3v) is 8.10. The molecule has 1 aromatic heterocycles. The van der Waals surface area contributed by atoms with Crippen LogP contribution in [0.3, 0.4) is 0 Å². The number of amides is 1. The minimum absolute atomic E-state index is 0.0990. The fourth-order valence-corrected chi connectivity index (χ4v) is 5.43. The van der Waals surface area contributed by atoms with Crippen LogP contribution in [0.4, 0.5) is 0 Å². The van der Waals surface area contributed by atoms with Crippen LogP contribution in [0.1, 0.15) is 37.8 Å². The molecule has 1 aliphatic carbocycles. The van der Waals surface area contributed by atoms with Gasteiger partial charge in [0.25, 0.3) is 10.0 Å². The zero-order valence-electron chi connectivity index (χ0n) is 14.3. The van der Waals surface area contributed by atoms with Crippen LogP contribution in [-0.4, -0.2) is 20.4 Å². The topological polar surface area (TPSA) is 75.3 Å². The smallest absolute Gasteiger partial charge is 0.250 e. The fourth-order valence-electron chi connectivity index (χ4n) is 2.96. The van der Waals surface area contributed by atoms with Crippen molar-refractivity contribution >= 4 is 43.2 Å². The summed E-state index contributed by atoms with van der Waals surface area (Å²) in [5, 5.41) is 4.74. The minimum Gasteiger partial charge on any atom is -0.348 e. The van der Waals surface area contributed by atoms with E-state index >= 15 is 0 Å². The molecule has 2 N–H and O–H groups in total. The molecule has 140 valence electrons. The Morgan fingerprint density at radius 2 is 1.92 bits per heavy atom.